The van der Waals surface area contributed by atoms with E-state index in [1.807, 2.05) is 36.4 Å². The van der Waals surface area contributed by atoms with E-state index in [-0.39, 0.29) is 16.8 Å². The molecular weight excluding hydrogens is 449 g/mol. The third-order valence-corrected chi connectivity index (χ3v) is 6.63. The van der Waals surface area contributed by atoms with Gasteiger partial charge in [-0.3, -0.25) is 14.5 Å². The van der Waals surface area contributed by atoms with Crippen LogP contribution in [-0.2, 0) is 17.4 Å². The van der Waals surface area contributed by atoms with Crippen molar-refractivity contribution in [2.75, 3.05) is 16.0 Å². The number of hydrogen-bond donors (Lipinski definition) is 1. The molecule has 0 spiro atoms. The zero-order valence-electron chi connectivity index (χ0n) is 17.7. The second-order valence-corrected chi connectivity index (χ2v) is 8.67. The van der Waals surface area contributed by atoms with Crippen molar-refractivity contribution in [2.45, 2.75) is 24.9 Å². The number of carbonyl (C=O) groups is 2. The molecule has 1 saturated heterocycles. The van der Waals surface area contributed by atoms with Crippen molar-refractivity contribution in [1.82, 2.24) is 0 Å². The van der Waals surface area contributed by atoms with Crippen LogP contribution in [0.4, 0.5) is 24.5 Å². The largest absolute Gasteiger partial charge is 0.416 e. The highest BCUT2D eigenvalue weighted by Crippen LogP contribution is 2.42. The van der Waals surface area contributed by atoms with Crippen LogP contribution in [-0.4, -0.2) is 17.6 Å². The Bertz CT molecular complexity index is 1140. The molecule has 0 radical (unpaired) electrons. The third kappa shape index (κ3) is 5.06. The van der Waals surface area contributed by atoms with Crippen LogP contribution in [0.1, 0.15) is 39.3 Å². The van der Waals surface area contributed by atoms with Gasteiger partial charge in [0.05, 0.1) is 11.3 Å². The van der Waals surface area contributed by atoms with E-state index < -0.39 is 17.6 Å². The van der Waals surface area contributed by atoms with Crippen molar-refractivity contribution in [3.8, 4) is 0 Å². The van der Waals surface area contributed by atoms with Crippen molar-refractivity contribution in [1.29, 1.82) is 0 Å². The number of carbonyl (C=O) groups excluding carboxylic acids is 2. The molecule has 1 aliphatic rings. The van der Waals surface area contributed by atoms with Gasteiger partial charge in [-0.1, -0.05) is 31.2 Å². The average Bonchev–Trinajstić information content (AvgIpc) is 3.20. The van der Waals surface area contributed by atoms with Gasteiger partial charge < -0.3 is 5.32 Å². The van der Waals surface area contributed by atoms with Gasteiger partial charge in [0, 0.05) is 16.9 Å². The van der Waals surface area contributed by atoms with Gasteiger partial charge in [0.25, 0.3) is 5.91 Å². The highest BCUT2D eigenvalue weighted by Gasteiger charge is 2.34. The summed E-state index contributed by atoms with van der Waals surface area (Å²) in [5, 5.41) is 2.51. The number of halogens is 3. The van der Waals surface area contributed by atoms with Gasteiger partial charge in [-0.25, -0.2) is 0 Å². The van der Waals surface area contributed by atoms with Crippen molar-refractivity contribution in [2.24, 2.45) is 0 Å². The fraction of sp³-hybridized carbons (Fsp3) is 0.200. The smallest absolute Gasteiger partial charge is 0.322 e. The van der Waals surface area contributed by atoms with Gasteiger partial charge in [-0.2, -0.15) is 13.2 Å². The number of amides is 2. The lowest BCUT2D eigenvalue weighted by atomic mass is 10.1. The van der Waals surface area contributed by atoms with Crippen LogP contribution in [0.15, 0.2) is 72.8 Å². The second kappa shape index (κ2) is 9.31. The number of anilines is 2. The van der Waals surface area contributed by atoms with E-state index in [0.717, 1.165) is 41.9 Å². The molecule has 0 aliphatic carbocycles. The van der Waals surface area contributed by atoms with Crippen LogP contribution in [0, 0.1) is 0 Å². The Balaban J connectivity index is 1.47. The molecule has 33 heavy (non-hydrogen) atoms. The molecule has 1 N–H and O–H groups in total. The van der Waals surface area contributed by atoms with Crippen molar-refractivity contribution in [3.05, 3.63) is 95.1 Å². The Labute approximate surface area is 193 Å². The minimum Gasteiger partial charge on any atom is -0.322 e. The summed E-state index contributed by atoms with van der Waals surface area (Å²) in [5.74, 6) is -0.0828. The Hall–Kier alpha value is -3.26. The first-order valence-corrected chi connectivity index (χ1v) is 11.4. The first-order valence-electron chi connectivity index (χ1n) is 10.4. The topological polar surface area (TPSA) is 49.4 Å². The number of hydrogen-bond acceptors (Lipinski definition) is 3. The van der Waals surface area contributed by atoms with E-state index in [9.17, 15) is 22.8 Å². The highest BCUT2D eigenvalue weighted by atomic mass is 32.2. The van der Waals surface area contributed by atoms with Gasteiger partial charge >= 0.3 is 6.18 Å². The van der Waals surface area contributed by atoms with Crippen molar-refractivity contribution >= 4 is 35.0 Å². The van der Waals surface area contributed by atoms with Gasteiger partial charge in [0.15, 0.2) is 0 Å². The van der Waals surface area contributed by atoms with E-state index in [1.54, 1.807) is 17.0 Å². The fourth-order valence-electron chi connectivity index (χ4n) is 3.59. The number of thioether (sulfide) groups is 1. The molecule has 1 heterocycles. The first kappa shape index (κ1) is 22.9. The number of rotatable bonds is 5. The summed E-state index contributed by atoms with van der Waals surface area (Å²) in [4.78, 5) is 26.7. The van der Waals surface area contributed by atoms with Gasteiger partial charge in [-0.05, 0) is 66.1 Å². The number of nitrogens with one attached hydrogen (secondary N) is 1. The molecule has 3 aromatic carbocycles. The van der Waals surface area contributed by atoms with E-state index in [4.69, 9.17) is 0 Å². The van der Waals surface area contributed by atoms with Gasteiger partial charge in [-0.15, -0.1) is 11.8 Å². The Morgan fingerprint density at radius 3 is 2.21 bits per heavy atom. The van der Waals surface area contributed by atoms with E-state index in [2.05, 4.69) is 12.2 Å². The Morgan fingerprint density at radius 2 is 1.64 bits per heavy atom. The van der Waals surface area contributed by atoms with Crippen LogP contribution in [0.25, 0.3) is 0 Å². The third-order valence-electron chi connectivity index (χ3n) is 5.42. The van der Waals surface area contributed by atoms with E-state index >= 15 is 0 Å². The summed E-state index contributed by atoms with van der Waals surface area (Å²) >= 11 is 1.53. The molecule has 0 unspecified atom stereocenters. The molecule has 4 nitrogen and oxygen atoms in total. The summed E-state index contributed by atoms with van der Waals surface area (Å²) < 4.78 is 38.1. The second-order valence-electron chi connectivity index (χ2n) is 7.60. The van der Waals surface area contributed by atoms with Gasteiger partial charge in [0.1, 0.15) is 5.37 Å². The Kier molecular flexibility index (Phi) is 6.47. The summed E-state index contributed by atoms with van der Waals surface area (Å²) in [6.45, 7) is 2.08. The maximum absolute atomic E-state index is 12.7. The molecule has 8 heteroatoms. The minimum atomic E-state index is -4.45. The Morgan fingerprint density at radius 1 is 1.00 bits per heavy atom. The molecule has 0 bridgehead atoms. The number of nitrogens with zero attached hydrogens (tertiary/aromatic N) is 1. The van der Waals surface area contributed by atoms with Crippen LogP contribution in [0.5, 0.6) is 0 Å². The highest BCUT2D eigenvalue weighted by molar-refractivity contribution is 8.00. The van der Waals surface area contributed by atoms with Crippen LogP contribution in [0.3, 0.4) is 0 Å². The summed E-state index contributed by atoms with van der Waals surface area (Å²) in [6, 6.07) is 19.1. The summed E-state index contributed by atoms with van der Waals surface area (Å²) in [6.07, 6.45) is -3.53. The maximum Gasteiger partial charge on any atom is 0.416 e. The number of benzene rings is 3. The van der Waals surface area contributed by atoms with Crippen molar-refractivity contribution in [3.63, 3.8) is 0 Å². The lowest BCUT2D eigenvalue weighted by Crippen LogP contribution is -2.27. The molecule has 4 rings (SSSR count). The molecule has 1 aliphatic heterocycles. The minimum absolute atomic E-state index is 0.0360. The van der Waals surface area contributed by atoms with E-state index in [0.29, 0.717) is 11.4 Å². The molecule has 1 fully saturated rings. The monoisotopic (exact) mass is 470 g/mol. The van der Waals surface area contributed by atoms with E-state index in [1.165, 1.54) is 17.3 Å². The molecule has 170 valence electrons. The molecule has 0 aromatic heterocycles. The van der Waals surface area contributed by atoms with Crippen LogP contribution >= 0.6 is 11.8 Å². The predicted octanol–water partition coefficient (Wildman–Crippen LogP) is 6.30. The zero-order chi connectivity index (χ0) is 23.6. The summed E-state index contributed by atoms with van der Waals surface area (Å²) in [7, 11) is 0. The quantitative estimate of drug-likeness (QED) is 0.476. The van der Waals surface area contributed by atoms with Crippen LogP contribution < -0.4 is 10.2 Å². The van der Waals surface area contributed by atoms with Crippen molar-refractivity contribution < 1.29 is 22.8 Å². The lowest BCUT2D eigenvalue weighted by molar-refractivity contribution is -0.137. The SMILES string of the molecule is CCc1ccc(N2C(=O)CS[C@@H]2c2ccc(NC(=O)c3ccc(C(F)(F)F)cc3)cc2)cc1. The van der Waals surface area contributed by atoms with Gasteiger partial charge in [0.2, 0.25) is 5.91 Å². The fourth-order valence-corrected chi connectivity index (χ4v) is 4.76. The standard InChI is InChI=1S/C25H21F3N2O2S/c1-2-16-3-13-21(14-4-16)30-22(31)15-33-24(30)18-7-11-20(12-8-18)29-23(32)17-5-9-19(10-6-17)25(26,27)28/h3-14,24H,2,15H2,1H3,(H,29,32)/t24-/m1/s1. The number of aryl methyl sites for hydroxylation is 1. The first-order chi connectivity index (χ1) is 15.8. The maximum atomic E-state index is 12.7. The van der Waals surface area contributed by atoms with Crippen LogP contribution in [0.2, 0.25) is 0 Å². The normalized spacial score (nSPS) is 16.2. The molecular formula is C25H21F3N2O2S. The summed E-state index contributed by atoms with van der Waals surface area (Å²) in [5.41, 5.74) is 2.79. The number of alkyl halides is 3. The average molecular weight is 471 g/mol. The lowest BCUT2D eigenvalue weighted by Gasteiger charge is -2.24. The predicted molar refractivity (Wildman–Crippen MR) is 124 cm³/mol. The molecule has 0 saturated carbocycles. The zero-order valence-corrected chi connectivity index (χ0v) is 18.5. The molecule has 1 atom stereocenters. The molecule has 3 aromatic rings. The molecule has 2 amide bonds.